The number of esters is 1. The zero-order valence-corrected chi connectivity index (χ0v) is 19.9. The van der Waals surface area contributed by atoms with Gasteiger partial charge in [-0.05, 0) is 68.7 Å². The van der Waals surface area contributed by atoms with Gasteiger partial charge in [0.05, 0.1) is 22.9 Å². The molecule has 8 heteroatoms. The number of ether oxygens (including phenoxy) is 1. The monoisotopic (exact) mass is 462 g/mol. The number of benzene rings is 2. The summed E-state index contributed by atoms with van der Waals surface area (Å²) in [6.07, 6.45) is 0.620. The van der Waals surface area contributed by atoms with Crippen LogP contribution in [0.25, 0.3) is 16.6 Å². The molecule has 1 atom stereocenters. The molecule has 7 nitrogen and oxygen atoms in total. The van der Waals surface area contributed by atoms with E-state index in [1.165, 1.54) is 11.8 Å². The topological polar surface area (TPSA) is 85.6 Å². The number of carbonyl (C=O) groups excluding carboxylic acids is 2. The van der Waals surface area contributed by atoms with E-state index in [0.29, 0.717) is 29.4 Å². The van der Waals surface area contributed by atoms with Crippen LogP contribution in [0.15, 0.2) is 53.7 Å². The minimum Gasteiger partial charge on any atom is -0.462 e. The number of amides is 1. The van der Waals surface area contributed by atoms with Gasteiger partial charge in [0, 0.05) is 11.1 Å². The second kappa shape index (κ2) is 9.62. The van der Waals surface area contributed by atoms with Gasteiger partial charge in [-0.2, -0.15) is 0 Å². The summed E-state index contributed by atoms with van der Waals surface area (Å²) in [7, 11) is 0. The van der Waals surface area contributed by atoms with E-state index < -0.39 is 0 Å². The minimum absolute atomic E-state index is 0.128. The Morgan fingerprint density at radius 1 is 1.06 bits per heavy atom. The van der Waals surface area contributed by atoms with Crippen LogP contribution in [-0.4, -0.2) is 38.3 Å². The molecule has 0 radical (unpaired) electrons. The Bertz CT molecular complexity index is 1330. The highest BCUT2D eigenvalue weighted by molar-refractivity contribution is 8.00. The Kier molecular flexibility index (Phi) is 6.65. The first-order valence-electron chi connectivity index (χ1n) is 10.9. The van der Waals surface area contributed by atoms with Gasteiger partial charge in [0.2, 0.25) is 5.91 Å². The lowest BCUT2D eigenvalue weighted by molar-refractivity contribution is -0.115. The molecule has 4 aromatic rings. The number of carbonyl (C=O) groups is 2. The van der Waals surface area contributed by atoms with Crippen molar-refractivity contribution < 1.29 is 14.3 Å². The molecule has 1 unspecified atom stereocenters. The number of thioether (sulfide) groups is 1. The normalized spacial score (nSPS) is 12.1. The van der Waals surface area contributed by atoms with Crippen molar-refractivity contribution >= 4 is 45.9 Å². The van der Waals surface area contributed by atoms with Crippen LogP contribution in [0.4, 0.5) is 5.69 Å². The molecule has 2 aromatic carbocycles. The molecule has 0 aliphatic carbocycles. The van der Waals surface area contributed by atoms with Crippen LogP contribution in [0.5, 0.6) is 0 Å². The molecule has 0 aliphatic heterocycles. The van der Waals surface area contributed by atoms with Gasteiger partial charge >= 0.3 is 5.97 Å². The summed E-state index contributed by atoms with van der Waals surface area (Å²) in [6.45, 7) is 8.19. The Hall–Kier alpha value is -3.39. The van der Waals surface area contributed by atoms with Gasteiger partial charge in [0.15, 0.2) is 10.8 Å². The highest BCUT2D eigenvalue weighted by atomic mass is 32.2. The number of rotatable bonds is 7. The molecule has 1 amide bonds. The second-order valence-corrected chi connectivity index (χ2v) is 8.95. The number of nitrogens with one attached hydrogen (secondary N) is 1. The second-order valence-electron chi connectivity index (χ2n) is 7.78. The zero-order chi connectivity index (χ0) is 23.5. The van der Waals surface area contributed by atoms with E-state index >= 15 is 0 Å². The lowest BCUT2D eigenvalue weighted by Gasteiger charge is -2.15. The van der Waals surface area contributed by atoms with E-state index in [2.05, 4.69) is 41.5 Å². The third kappa shape index (κ3) is 4.57. The van der Waals surface area contributed by atoms with E-state index in [-0.39, 0.29) is 17.1 Å². The Balaban J connectivity index is 1.58. The summed E-state index contributed by atoms with van der Waals surface area (Å²) >= 11 is 1.40. The number of pyridine rings is 1. The molecule has 4 rings (SSSR count). The Morgan fingerprint density at radius 2 is 1.82 bits per heavy atom. The highest BCUT2D eigenvalue weighted by Crippen LogP contribution is 2.31. The van der Waals surface area contributed by atoms with E-state index in [0.717, 1.165) is 27.7 Å². The van der Waals surface area contributed by atoms with Gasteiger partial charge in [0.1, 0.15) is 0 Å². The molecular weight excluding hydrogens is 436 g/mol. The molecule has 33 heavy (non-hydrogen) atoms. The highest BCUT2D eigenvalue weighted by Gasteiger charge is 2.22. The van der Waals surface area contributed by atoms with Crippen LogP contribution in [0.2, 0.25) is 0 Å². The standard InChI is InChI=1S/C25H26N4O3S/c1-5-20(23(30)26-18-12-10-17(11-13-18)24(31)32-6-2)33-25-28-27-21-14-16(4)19-9-7-8-15(3)22(19)29(21)25/h7-14,20H,5-6H2,1-4H3,(H,26,30). The maximum Gasteiger partial charge on any atom is 0.338 e. The van der Waals surface area contributed by atoms with Gasteiger partial charge < -0.3 is 10.1 Å². The maximum atomic E-state index is 13.0. The molecule has 0 saturated carbocycles. The fourth-order valence-electron chi connectivity index (χ4n) is 3.78. The van der Waals surface area contributed by atoms with E-state index in [1.54, 1.807) is 31.2 Å². The van der Waals surface area contributed by atoms with Crippen molar-refractivity contribution in [1.82, 2.24) is 14.6 Å². The zero-order valence-electron chi connectivity index (χ0n) is 19.1. The number of nitrogens with zero attached hydrogens (tertiary/aromatic N) is 3. The maximum absolute atomic E-state index is 13.0. The van der Waals surface area contributed by atoms with Gasteiger partial charge in [-0.15, -0.1) is 10.2 Å². The molecule has 0 bridgehead atoms. The lowest BCUT2D eigenvalue weighted by atomic mass is 10.1. The van der Waals surface area contributed by atoms with Crippen LogP contribution in [0.3, 0.4) is 0 Å². The van der Waals surface area contributed by atoms with Crippen molar-refractivity contribution in [2.24, 2.45) is 0 Å². The number of anilines is 1. The number of hydrogen-bond donors (Lipinski definition) is 1. The van der Waals surface area contributed by atoms with Crippen LogP contribution >= 0.6 is 11.8 Å². The molecule has 170 valence electrons. The van der Waals surface area contributed by atoms with Gasteiger partial charge in [-0.1, -0.05) is 36.9 Å². The van der Waals surface area contributed by atoms with E-state index in [4.69, 9.17) is 4.74 Å². The molecule has 0 aliphatic rings. The van der Waals surface area contributed by atoms with E-state index in [1.807, 2.05) is 23.5 Å². The number of para-hydroxylation sites is 1. The smallest absolute Gasteiger partial charge is 0.338 e. The first kappa shape index (κ1) is 22.8. The van der Waals surface area contributed by atoms with Gasteiger partial charge in [-0.25, -0.2) is 4.79 Å². The summed E-state index contributed by atoms with van der Waals surface area (Å²) in [4.78, 5) is 24.9. The number of aryl methyl sites for hydroxylation is 2. The first-order valence-corrected chi connectivity index (χ1v) is 11.8. The third-order valence-corrected chi connectivity index (χ3v) is 6.77. The third-order valence-electron chi connectivity index (χ3n) is 5.46. The number of aromatic nitrogens is 3. The average molecular weight is 463 g/mol. The predicted octanol–water partition coefficient (Wildman–Crippen LogP) is 5.19. The molecular formula is C25H26N4O3S. The van der Waals surface area contributed by atoms with Gasteiger partial charge in [0.25, 0.3) is 0 Å². The molecule has 1 N–H and O–H groups in total. The summed E-state index contributed by atoms with van der Waals surface area (Å²) in [6, 6.07) is 14.9. The van der Waals surface area contributed by atoms with Crippen molar-refractivity contribution in [3.05, 3.63) is 65.2 Å². The van der Waals surface area contributed by atoms with Crippen molar-refractivity contribution in [2.75, 3.05) is 11.9 Å². The minimum atomic E-state index is -0.381. The van der Waals surface area contributed by atoms with E-state index in [9.17, 15) is 9.59 Å². The fraction of sp³-hybridized carbons (Fsp3) is 0.280. The molecule has 0 spiro atoms. The largest absolute Gasteiger partial charge is 0.462 e. The summed E-state index contributed by atoms with van der Waals surface area (Å²) in [5, 5.41) is 13.2. The van der Waals surface area contributed by atoms with Crippen molar-refractivity contribution in [2.45, 2.75) is 44.5 Å². The van der Waals surface area contributed by atoms with Crippen molar-refractivity contribution in [3.8, 4) is 0 Å². The number of hydrogen-bond acceptors (Lipinski definition) is 6. The average Bonchev–Trinajstić information content (AvgIpc) is 3.20. The van der Waals surface area contributed by atoms with Crippen LogP contribution in [-0.2, 0) is 9.53 Å². The lowest BCUT2D eigenvalue weighted by Crippen LogP contribution is -2.25. The first-order chi connectivity index (χ1) is 15.9. The van der Waals surface area contributed by atoms with Crippen LogP contribution < -0.4 is 5.32 Å². The summed E-state index contributed by atoms with van der Waals surface area (Å²) in [5.41, 5.74) is 5.16. The number of fused-ring (bicyclic) bond motifs is 3. The molecule has 2 aromatic heterocycles. The molecule has 0 fully saturated rings. The summed E-state index contributed by atoms with van der Waals surface area (Å²) < 4.78 is 7.03. The van der Waals surface area contributed by atoms with Crippen LogP contribution in [0, 0.1) is 13.8 Å². The molecule has 0 saturated heterocycles. The van der Waals surface area contributed by atoms with Crippen molar-refractivity contribution in [1.29, 1.82) is 0 Å². The Labute approximate surface area is 196 Å². The van der Waals surface area contributed by atoms with Crippen LogP contribution in [0.1, 0.15) is 41.8 Å². The van der Waals surface area contributed by atoms with Gasteiger partial charge in [-0.3, -0.25) is 9.20 Å². The summed E-state index contributed by atoms with van der Waals surface area (Å²) in [5.74, 6) is -0.509. The predicted molar refractivity (Wildman–Crippen MR) is 131 cm³/mol. The molecule has 2 heterocycles. The van der Waals surface area contributed by atoms with Crippen molar-refractivity contribution in [3.63, 3.8) is 0 Å². The Morgan fingerprint density at radius 3 is 2.52 bits per heavy atom. The SMILES string of the molecule is CCOC(=O)c1ccc(NC(=O)C(CC)Sc2nnc3cc(C)c4cccc(C)c4n23)cc1. The quantitative estimate of drug-likeness (QED) is 0.301. The fourth-order valence-corrected chi connectivity index (χ4v) is 4.75.